The number of rotatable bonds is 3. The summed E-state index contributed by atoms with van der Waals surface area (Å²) in [6.45, 7) is 0. The lowest BCUT2D eigenvalue weighted by atomic mass is 10.2. The summed E-state index contributed by atoms with van der Waals surface area (Å²) in [7, 11) is 0. The van der Waals surface area contributed by atoms with E-state index < -0.39 is 0 Å². The van der Waals surface area contributed by atoms with Gasteiger partial charge in [-0.05, 0) is 24.3 Å². The van der Waals surface area contributed by atoms with Crippen molar-refractivity contribution < 1.29 is 14.6 Å². The van der Waals surface area contributed by atoms with Gasteiger partial charge in [0.25, 0.3) is 0 Å². The summed E-state index contributed by atoms with van der Waals surface area (Å²) in [6, 6.07) is 7.72. The van der Waals surface area contributed by atoms with E-state index in [2.05, 4.69) is 10.2 Å². The van der Waals surface area contributed by atoms with Crippen LogP contribution in [0.25, 0.3) is 0 Å². The smallest absolute Gasteiger partial charge is 0.146 e. The molecule has 0 aliphatic heterocycles. The third kappa shape index (κ3) is 2.94. The maximum Gasteiger partial charge on any atom is 0.146 e. The topological polar surface area (TPSA) is 78.3 Å². The molecule has 0 fully saturated rings. The molecule has 86 valence electrons. The van der Waals surface area contributed by atoms with Crippen molar-refractivity contribution in [3.63, 3.8) is 0 Å². The second-order valence-corrected chi connectivity index (χ2v) is 3.25. The number of benzene rings is 1. The fraction of sp³-hybridized carbons (Fsp3) is 0. The van der Waals surface area contributed by atoms with Gasteiger partial charge in [-0.1, -0.05) is 0 Å². The Hall–Kier alpha value is -2.56. The Bertz CT molecular complexity index is 545. The Kier molecular flexibility index (Phi) is 3.20. The summed E-state index contributed by atoms with van der Waals surface area (Å²) in [5.41, 5.74) is 0.472. The molecule has 0 atom stereocenters. The standard InChI is InChI=1S/C12H10N2O3/c15-10-4-3-9(12(16)6-10)7-13-14-8-11-2-1-5-17-11/h1-8,15-16H/b13-7-,14-8-. The van der Waals surface area contributed by atoms with Gasteiger partial charge in [0.2, 0.25) is 0 Å². The van der Waals surface area contributed by atoms with Crippen LogP contribution < -0.4 is 0 Å². The lowest BCUT2D eigenvalue weighted by Gasteiger charge is -1.97. The molecule has 0 spiro atoms. The van der Waals surface area contributed by atoms with E-state index in [-0.39, 0.29) is 11.5 Å². The van der Waals surface area contributed by atoms with E-state index in [0.29, 0.717) is 11.3 Å². The van der Waals surface area contributed by atoms with Crippen molar-refractivity contribution in [2.75, 3.05) is 0 Å². The minimum absolute atomic E-state index is 0.00117. The molecule has 1 aromatic carbocycles. The SMILES string of the molecule is Oc1ccc(/C=N\N=C/c2ccco2)c(O)c1. The maximum atomic E-state index is 9.45. The zero-order valence-corrected chi connectivity index (χ0v) is 8.82. The molecule has 0 aliphatic carbocycles. The van der Waals surface area contributed by atoms with Gasteiger partial charge in [-0.25, -0.2) is 0 Å². The monoisotopic (exact) mass is 230 g/mol. The Morgan fingerprint density at radius 2 is 1.88 bits per heavy atom. The molecule has 1 heterocycles. The highest BCUT2D eigenvalue weighted by atomic mass is 16.3. The minimum Gasteiger partial charge on any atom is -0.508 e. The molecule has 2 aromatic rings. The maximum absolute atomic E-state index is 9.45. The molecular weight excluding hydrogens is 220 g/mol. The molecule has 0 amide bonds. The number of hydrogen-bond donors (Lipinski definition) is 2. The zero-order valence-electron chi connectivity index (χ0n) is 8.82. The highest BCUT2D eigenvalue weighted by molar-refractivity contribution is 5.84. The van der Waals surface area contributed by atoms with Crippen molar-refractivity contribution in [3.8, 4) is 11.5 Å². The van der Waals surface area contributed by atoms with E-state index in [0.717, 1.165) is 0 Å². The summed E-state index contributed by atoms with van der Waals surface area (Å²) < 4.78 is 5.02. The Morgan fingerprint density at radius 1 is 1.06 bits per heavy atom. The normalized spacial score (nSPS) is 11.5. The van der Waals surface area contributed by atoms with Gasteiger partial charge in [0.05, 0.1) is 18.7 Å². The second-order valence-electron chi connectivity index (χ2n) is 3.25. The van der Waals surface area contributed by atoms with E-state index in [1.807, 2.05) is 0 Å². The van der Waals surface area contributed by atoms with Gasteiger partial charge >= 0.3 is 0 Å². The average Bonchev–Trinajstić information content (AvgIpc) is 2.79. The largest absolute Gasteiger partial charge is 0.508 e. The van der Waals surface area contributed by atoms with Gasteiger partial charge in [0, 0.05) is 11.6 Å². The minimum atomic E-state index is -0.0538. The number of nitrogens with zero attached hydrogens (tertiary/aromatic N) is 2. The molecule has 2 rings (SSSR count). The third-order valence-corrected chi connectivity index (χ3v) is 2.01. The van der Waals surface area contributed by atoms with Gasteiger partial charge in [0.1, 0.15) is 17.3 Å². The van der Waals surface area contributed by atoms with Crippen molar-refractivity contribution in [1.82, 2.24) is 0 Å². The van der Waals surface area contributed by atoms with Gasteiger partial charge in [-0.2, -0.15) is 10.2 Å². The van der Waals surface area contributed by atoms with Crippen LogP contribution in [0, 0.1) is 0 Å². The predicted molar refractivity (Wildman–Crippen MR) is 63.7 cm³/mol. The summed E-state index contributed by atoms with van der Waals surface area (Å²) >= 11 is 0. The lowest BCUT2D eigenvalue weighted by Crippen LogP contribution is -1.81. The van der Waals surface area contributed by atoms with E-state index in [4.69, 9.17) is 9.52 Å². The van der Waals surface area contributed by atoms with Crippen molar-refractivity contribution in [3.05, 3.63) is 47.9 Å². The Balaban J connectivity index is 2.05. The van der Waals surface area contributed by atoms with Crippen molar-refractivity contribution in [2.24, 2.45) is 10.2 Å². The number of aromatic hydroxyl groups is 2. The molecule has 0 radical (unpaired) electrons. The van der Waals surface area contributed by atoms with Crippen molar-refractivity contribution in [1.29, 1.82) is 0 Å². The Morgan fingerprint density at radius 3 is 2.59 bits per heavy atom. The number of phenolic OH excluding ortho intramolecular Hbond substituents is 2. The van der Waals surface area contributed by atoms with Gasteiger partial charge in [-0.3, -0.25) is 0 Å². The first-order chi connectivity index (χ1) is 8.25. The van der Waals surface area contributed by atoms with Crippen LogP contribution in [0.5, 0.6) is 11.5 Å². The molecular formula is C12H10N2O3. The molecule has 0 bridgehead atoms. The molecule has 0 saturated carbocycles. The predicted octanol–water partition coefficient (Wildman–Crippen LogP) is 2.14. The molecule has 0 unspecified atom stereocenters. The zero-order chi connectivity index (χ0) is 12.1. The first kappa shape index (κ1) is 10.9. The quantitative estimate of drug-likeness (QED) is 0.626. The highest BCUT2D eigenvalue weighted by Gasteiger charge is 1.98. The molecule has 0 saturated heterocycles. The summed E-state index contributed by atoms with van der Waals surface area (Å²) in [5, 5.41) is 26.0. The molecule has 0 aliphatic rings. The third-order valence-electron chi connectivity index (χ3n) is 2.01. The molecule has 17 heavy (non-hydrogen) atoms. The van der Waals surface area contributed by atoms with Crippen molar-refractivity contribution in [2.45, 2.75) is 0 Å². The van der Waals surface area contributed by atoms with Crippen LogP contribution in [0.3, 0.4) is 0 Å². The fourth-order valence-electron chi connectivity index (χ4n) is 1.19. The fourth-order valence-corrected chi connectivity index (χ4v) is 1.19. The van der Waals surface area contributed by atoms with E-state index in [1.165, 1.54) is 36.9 Å². The van der Waals surface area contributed by atoms with Gasteiger partial charge in [-0.15, -0.1) is 0 Å². The van der Waals surface area contributed by atoms with Crippen LogP contribution in [0.15, 0.2) is 51.2 Å². The van der Waals surface area contributed by atoms with Crippen LogP contribution in [-0.2, 0) is 0 Å². The highest BCUT2D eigenvalue weighted by Crippen LogP contribution is 2.20. The van der Waals surface area contributed by atoms with E-state index in [9.17, 15) is 5.11 Å². The van der Waals surface area contributed by atoms with E-state index in [1.54, 1.807) is 12.1 Å². The molecule has 1 aromatic heterocycles. The molecule has 5 heteroatoms. The summed E-state index contributed by atoms with van der Waals surface area (Å²) in [5.74, 6) is 0.540. The molecule has 5 nitrogen and oxygen atoms in total. The first-order valence-electron chi connectivity index (χ1n) is 4.87. The van der Waals surface area contributed by atoms with Crippen LogP contribution in [0.2, 0.25) is 0 Å². The average molecular weight is 230 g/mol. The Labute approximate surface area is 97.4 Å². The van der Waals surface area contributed by atoms with Crippen LogP contribution in [0.1, 0.15) is 11.3 Å². The summed E-state index contributed by atoms with van der Waals surface area (Å²) in [4.78, 5) is 0. The van der Waals surface area contributed by atoms with Gasteiger partial charge < -0.3 is 14.6 Å². The van der Waals surface area contributed by atoms with Crippen molar-refractivity contribution >= 4 is 12.4 Å². The number of hydrogen-bond acceptors (Lipinski definition) is 5. The van der Waals surface area contributed by atoms with Gasteiger partial charge in [0.15, 0.2) is 0 Å². The van der Waals surface area contributed by atoms with Crippen LogP contribution in [-0.4, -0.2) is 22.6 Å². The number of furan rings is 1. The second kappa shape index (κ2) is 4.98. The first-order valence-corrected chi connectivity index (χ1v) is 4.87. The molecule has 2 N–H and O–H groups in total. The van der Waals surface area contributed by atoms with E-state index >= 15 is 0 Å². The van der Waals surface area contributed by atoms with Crippen LogP contribution in [0.4, 0.5) is 0 Å². The van der Waals surface area contributed by atoms with Crippen LogP contribution >= 0.6 is 0 Å². The number of phenols is 2. The summed E-state index contributed by atoms with van der Waals surface area (Å²) in [6.07, 6.45) is 4.37. The lowest BCUT2D eigenvalue weighted by molar-refractivity contribution is 0.450.